The van der Waals surface area contributed by atoms with E-state index in [2.05, 4.69) is 15.9 Å². The van der Waals surface area contributed by atoms with E-state index in [1.165, 1.54) is 18.2 Å². The molecule has 0 radical (unpaired) electrons. The number of benzene rings is 2. The van der Waals surface area contributed by atoms with Crippen LogP contribution in [0.3, 0.4) is 0 Å². The molecule has 0 unspecified atom stereocenters. The van der Waals surface area contributed by atoms with Crippen molar-refractivity contribution in [3.63, 3.8) is 0 Å². The second-order valence-corrected chi connectivity index (χ2v) is 7.10. The van der Waals surface area contributed by atoms with Crippen LogP contribution in [0.2, 0.25) is 0 Å². The van der Waals surface area contributed by atoms with Crippen molar-refractivity contribution >= 4 is 49.0 Å². The predicted molar refractivity (Wildman–Crippen MR) is 84.2 cm³/mol. The van der Waals surface area contributed by atoms with Crippen LogP contribution in [0.25, 0.3) is 0 Å². The molecule has 1 aliphatic carbocycles. The maximum absolute atomic E-state index is 12.7. The molecular weight excluding hydrogens is 411 g/mol. The fraction of sp³-hybridized carbons (Fsp3) is 0. The van der Waals surface area contributed by atoms with Gasteiger partial charge in [-0.3, -0.25) is 9.59 Å². The number of fused-ring (bicyclic) bond motifs is 2. The quantitative estimate of drug-likeness (QED) is 0.272. The van der Waals surface area contributed by atoms with E-state index in [1.54, 1.807) is 0 Å². The zero-order valence-electron chi connectivity index (χ0n) is 12.3. The Morgan fingerprint density at radius 3 is 2.21 bits per heavy atom. The van der Waals surface area contributed by atoms with Crippen molar-refractivity contribution in [2.45, 2.75) is 4.90 Å². The maximum Gasteiger partial charge on any atom is 1.00 e. The molecule has 0 aromatic heterocycles. The van der Waals surface area contributed by atoms with Gasteiger partial charge in [-0.2, -0.15) is 0 Å². The van der Waals surface area contributed by atoms with Gasteiger partial charge in [0.1, 0.15) is 10.1 Å². The Hall–Kier alpha value is -1.23. The fourth-order valence-corrected chi connectivity index (χ4v) is 3.97. The molecule has 10 heteroatoms. The Labute approximate surface area is 167 Å². The van der Waals surface area contributed by atoms with E-state index in [0.717, 1.165) is 6.07 Å². The molecule has 0 saturated carbocycles. The summed E-state index contributed by atoms with van der Waals surface area (Å²) in [4.78, 5) is 24.6. The van der Waals surface area contributed by atoms with Crippen LogP contribution in [0.15, 0.2) is 33.6 Å². The first-order chi connectivity index (χ1) is 10.6. The SMILES string of the molecule is Nc1cccc2c1C(=O)c1c(Br)cc(S(=O)(=O)[O-])c(N)c1C2=O.[Na+]. The summed E-state index contributed by atoms with van der Waals surface area (Å²) in [6.45, 7) is 0. The maximum atomic E-state index is 12.7. The number of halogens is 1. The summed E-state index contributed by atoms with van der Waals surface area (Å²) in [5, 5.41) is 0. The van der Waals surface area contributed by atoms with Gasteiger partial charge >= 0.3 is 29.6 Å². The molecule has 24 heavy (non-hydrogen) atoms. The number of rotatable bonds is 1. The van der Waals surface area contributed by atoms with Crippen LogP contribution < -0.4 is 41.0 Å². The third-order valence-corrected chi connectivity index (χ3v) is 5.08. The Kier molecular flexibility index (Phi) is 4.97. The molecule has 0 saturated heterocycles. The van der Waals surface area contributed by atoms with Crippen molar-refractivity contribution in [3.05, 3.63) is 51.0 Å². The molecule has 1 aliphatic rings. The summed E-state index contributed by atoms with van der Waals surface area (Å²) < 4.78 is 33.9. The van der Waals surface area contributed by atoms with Gasteiger partial charge < -0.3 is 16.0 Å². The van der Waals surface area contributed by atoms with Gasteiger partial charge in [-0.15, -0.1) is 0 Å². The third kappa shape index (κ3) is 2.71. The van der Waals surface area contributed by atoms with Crippen LogP contribution in [0.4, 0.5) is 11.4 Å². The van der Waals surface area contributed by atoms with E-state index in [1.807, 2.05) is 0 Å². The first-order valence-corrected chi connectivity index (χ1v) is 8.40. The summed E-state index contributed by atoms with van der Waals surface area (Å²) in [5.41, 5.74) is 10.7. The molecule has 2 aromatic carbocycles. The first kappa shape index (κ1) is 19.1. The number of hydrogen-bond donors (Lipinski definition) is 2. The molecule has 0 heterocycles. The van der Waals surface area contributed by atoms with Crippen LogP contribution in [0.1, 0.15) is 31.8 Å². The third-order valence-electron chi connectivity index (χ3n) is 3.57. The number of ketones is 2. The molecule has 118 valence electrons. The van der Waals surface area contributed by atoms with Crippen LogP contribution in [0.5, 0.6) is 0 Å². The average Bonchev–Trinajstić information content (AvgIpc) is 2.45. The minimum atomic E-state index is -4.91. The van der Waals surface area contributed by atoms with E-state index in [4.69, 9.17) is 11.5 Å². The standard InChI is InChI=1S/C14H9BrN2O5S.Na/c15-6-4-8(23(20,21)22)12(17)11-10(6)14(19)9-5(13(11)18)2-1-3-7(9)16;/h1-4H,16-17H2,(H,20,21,22);/q;+1/p-1. The molecule has 2 aromatic rings. The van der Waals surface area contributed by atoms with Crippen molar-refractivity contribution in [1.82, 2.24) is 0 Å². The molecular formula is C14H8BrN2NaO5S. The minimum absolute atomic E-state index is 0. The van der Waals surface area contributed by atoms with E-state index >= 15 is 0 Å². The number of carbonyl (C=O) groups excluding carboxylic acids is 2. The summed E-state index contributed by atoms with van der Waals surface area (Å²) in [6, 6.07) is 5.28. The molecule has 0 fully saturated rings. The summed E-state index contributed by atoms with van der Waals surface area (Å²) in [5.74, 6) is -1.23. The Morgan fingerprint density at radius 1 is 1.00 bits per heavy atom. The van der Waals surface area contributed by atoms with E-state index in [9.17, 15) is 22.6 Å². The van der Waals surface area contributed by atoms with Crippen molar-refractivity contribution in [3.8, 4) is 0 Å². The number of nitrogens with two attached hydrogens (primary N) is 2. The largest absolute Gasteiger partial charge is 1.00 e. The van der Waals surface area contributed by atoms with Crippen LogP contribution in [0, 0.1) is 0 Å². The molecule has 0 aliphatic heterocycles. The molecule has 7 nitrogen and oxygen atoms in total. The Bertz CT molecular complexity index is 1020. The topological polar surface area (TPSA) is 143 Å². The zero-order chi connectivity index (χ0) is 17.1. The van der Waals surface area contributed by atoms with Gasteiger partial charge in [0.15, 0.2) is 11.6 Å². The number of carbonyl (C=O) groups is 2. The van der Waals surface area contributed by atoms with Crippen LogP contribution in [-0.4, -0.2) is 24.5 Å². The molecule has 0 atom stereocenters. The molecule has 3 rings (SSSR count). The van der Waals surface area contributed by atoms with Crippen molar-refractivity contribution in [2.75, 3.05) is 11.5 Å². The van der Waals surface area contributed by atoms with Gasteiger partial charge in [-0.25, -0.2) is 8.42 Å². The summed E-state index contributed by atoms with van der Waals surface area (Å²) >= 11 is 3.03. The van der Waals surface area contributed by atoms with Gasteiger partial charge in [-0.05, 0) is 28.1 Å². The van der Waals surface area contributed by atoms with Crippen LogP contribution >= 0.6 is 15.9 Å². The first-order valence-electron chi connectivity index (χ1n) is 6.20. The Morgan fingerprint density at radius 2 is 1.62 bits per heavy atom. The summed E-state index contributed by atoms with van der Waals surface area (Å²) in [7, 11) is -4.91. The van der Waals surface area contributed by atoms with Crippen molar-refractivity contribution < 1.29 is 52.1 Å². The van der Waals surface area contributed by atoms with Gasteiger partial charge in [-0.1, -0.05) is 12.1 Å². The number of nitrogen functional groups attached to an aromatic ring is 2. The zero-order valence-corrected chi connectivity index (χ0v) is 16.7. The van der Waals surface area contributed by atoms with Crippen molar-refractivity contribution in [2.24, 2.45) is 0 Å². The van der Waals surface area contributed by atoms with Gasteiger partial charge in [0.05, 0.1) is 27.3 Å². The van der Waals surface area contributed by atoms with E-state index < -0.39 is 32.3 Å². The minimum Gasteiger partial charge on any atom is -0.744 e. The number of anilines is 2. The second kappa shape index (κ2) is 6.25. The van der Waals surface area contributed by atoms with E-state index in [-0.39, 0.29) is 62.0 Å². The molecule has 0 amide bonds. The predicted octanol–water partition coefficient (Wildman–Crippen LogP) is -1.70. The number of hydrogen-bond acceptors (Lipinski definition) is 7. The average molecular weight is 419 g/mol. The molecule has 4 N–H and O–H groups in total. The van der Waals surface area contributed by atoms with Gasteiger partial charge in [0.2, 0.25) is 0 Å². The van der Waals surface area contributed by atoms with Crippen molar-refractivity contribution in [1.29, 1.82) is 0 Å². The fourth-order valence-electron chi connectivity index (χ4n) is 2.58. The Balaban J connectivity index is 0.00000208. The second-order valence-electron chi connectivity index (χ2n) is 4.90. The smallest absolute Gasteiger partial charge is 0.744 e. The summed E-state index contributed by atoms with van der Waals surface area (Å²) in [6.07, 6.45) is 0. The normalized spacial score (nSPS) is 13.1. The van der Waals surface area contributed by atoms with Gasteiger partial charge in [0, 0.05) is 15.7 Å². The molecule has 0 bridgehead atoms. The van der Waals surface area contributed by atoms with E-state index in [0.29, 0.717) is 0 Å². The monoisotopic (exact) mass is 418 g/mol. The molecule has 0 spiro atoms. The van der Waals surface area contributed by atoms with Crippen LogP contribution in [-0.2, 0) is 10.1 Å². The van der Waals surface area contributed by atoms with Gasteiger partial charge in [0.25, 0.3) is 0 Å².